The Morgan fingerprint density at radius 2 is 1.67 bits per heavy atom. The second kappa shape index (κ2) is 2.69. The van der Waals surface area contributed by atoms with E-state index in [4.69, 9.17) is 34.8 Å². The van der Waals surface area contributed by atoms with E-state index in [1.807, 2.05) is 0 Å². The molecule has 0 unspecified atom stereocenters. The van der Waals surface area contributed by atoms with Gasteiger partial charge in [0.2, 0.25) is 5.28 Å². The molecule has 2 nitrogen and oxygen atoms in total. The van der Waals surface area contributed by atoms with E-state index in [0.29, 0.717) is 0 Å². The van der Waals surface area contributed by atoms with Gasteiger partial charge in [-0.05, 0) is 11.6 Å². The van der Waals surface area contributed by atoms with Crippen LogP contribution < -0.4 is 0 Å². The van der Waals surface area contributed by atoms with E-state index < -0.39 is 0 Å². The Hall–Kier alpha value is -0.0500. The monoisotopic (exact) mass is 184 g/mol. The molecule has 0 fully saturated rings. The zero-order valence-corrected chi connectivity index (χ0v) is 6.37. The maximum absolute atomic E-state index is 5.43. The molecule has 1 heterocycles. The summed E-state index contributed by atoms with van der Waals surface area (Å²) in [6, 6.07) is 1.41. The van der Waals surface area contributed by atoms with Crippen LogP contribution in [0.1, 0.15) is 0 Å². The number of rotatable bonds is 0. The highest BCUT2D eigenvalue weighted by molar-refractivity contribution is 6.35. The third-order valence-electron chi connectivity index (χ3n) is 0.636. The first kappa shape index (κ1) is 7.06. The highest BCUT2D eigenvalue weighted by atomic mass is 35.5. The molecule has 48 valence electrons. The maximum atomic E-state index is 5.43. The molecule has 1 rings (SSSR count). The lowest BCUT2D eigenvalue weighted by Gasteiger charge is -1.89. The molecule has 0 radical (unpaired) electrons. The van der Waals surface area contributed by atoms with Crippen LogP contribution in [0.3, 0.4) is 0 Å². The van der Waals surface area contributed by atoms with E-state index in [1.165, 1.54) is 6.07 Å². The molecule has 9 heavy (non-hydrogen) atoms. The highest BCUT2D eigenvalue weighted by Crippen LogP contribution is 2.13. The van der Waals surface area contributed by atoms with Gasteiger partial charge in [-0.3, -0.25) is 0 Å². The van der Waals surface area contributed by atoms with Gasteiger partial charge in [0.1, 0.15) is 10.3 Å². The molecule has 0 atom stereocenters. The van der Waals surface area contributed by atoms with Crippen molar-refractivity contribution < 1.29 is 0 Å². The molecule has 0 aromatic carbocycles. The summed E-state index contributed by atoms with van der Waals surface area (Å²) in [5, 5.41) is 0.563. The smallest absolute Gasteiger partial charge is 0.206 e. The molecular formula is C4HCl3N2. The van der Waals surface area contributed by atoms with Crippen molar-refractivity contribution in [1.29, 1.82) is 0 Å². The lowest BCUT2D eigenvalue weighted by atomic mass is 10.7. The first-order valence-corrected chi connectivity index (χ1v) is 3.17. The largest absolute Gasteiger partial charge is 0.225 e. The summed E-state index contributed by atoms with van der Waals surface area (Å²) >= 11 is 16.2. The molecule has 0 spiro atoms. The van der Waals surface area contributed by atoms with Crippen LogP contribution in [-0.2, 0) is 0 Å². The number of hydrogen-bond acceptors (Lipinski definition) is 2. The Morgan fingerprint density at radius 1 is 1.22 bits per heavy atom. The zero-order valence-electron chi connectivity index (χ0n) is 4.11. The molecule has 0 N–H and O–H groups in total. The molecule has 0 amide bonds. The third kappa shape index (κ3) is 1.97. The predicted molar refractivity (Wildman–Crippen MR) is 37.1 cm³/mol. The van der Waals surface area contributed by atoms with Gasteiger partial charge < -0.3 is 0 Å². The molecule has 0 aliphatic rings. The molecule has 0 saturated carbocycles. The average Bonchev–Trinajstić information content (AvgIpc) is 1.59. The summed E-state index contributed by atoms with van der Waals surface area (Å²) in [7, 11) is 0. The summed E-state index contributed by atoms with van der Waals surface area (Å²) in [6.45, 7) is 0. The van der Waals surface area contributed by atoms with Gasteiger partial charge in [-0.15, -0.1) is 0 Å². The highest BCUT2D eigenvalue weighted by Gasteiger charge is 1.95. The second-order valence-electron chi connectivity index (χ2n) is 1.28. The quantitative estimate of drug-likeness (QED) is 0.458. The van der Waals surface area contributed by atoms with E-state index in [9.17, 15) is 0 Å². The van der Waals surface area contributed by atoms with Gasteiger partial charge >= 0.3 is 0 Å². The third-order valence-corrected chi connectivity index (χ3v) is 1.19. The van der Waals surface area contributed by atoms with Crippen molar-refractivity contribution in [3.63, 3.8) is 0 Å². The molecule has 5 heteroatoms. The number of nitrogens with zero attached hydrogens (tertiary/aromatic N) is 2. The van der Waals surface area contributed by atoms with Crippen molar-refractivity contribution in [1.82, 2.24) is 9.97 Å². The van der Waals surface area contributed by atoms with E-state index in [-0.39, 0.29) is 15.6 Å². The van der Waals surface area contributed by atoms with Gasteiger partial charge in [0.05, 0.1) is 0 Å². The van der Waals surface area contributed by atoms with Crippen LogP contribution in [0, 0.1) is 0 Å². The molecule has 0 aliphatic carbocycles. The summed E-state index contributed by atoms with van der Waals surface area (Å²) in [5.74, 6) is 0. The number of halogens is 3. The van der Waals surface area contributed by atoms with Crippen LogP contribution >= 0.6 is 34.8 Å². The standard InChI is InChI=1S/C4HCl3N2/c5-2-1-3(6)9-4(7)8-2/h1H/i4+2,8+0,9+0. The topological polar surface area (TPSA) is 25.8 Å². The summed E-state index contributed by atoms with van der Waals surface area (Å²) in [6.07, 6.45) is 0. The van der Waals surface area contributed by atoms with Gasteiger partial charge in [-0.1, -0.05) is 23.2 Å². The summed E-state index contributed by atoms with van der Waals surface area (Å²) < 4.78 is 0. The lowest BCUT2D eigenvalue weighted by molar-refractivity contribution is 1.17. The van der Waals surface area contributed by atoms with Crippen LogP contribution in [0.2, 0.25) is 15.6 Å². The van der Waals surface area contributed by atoms with Gasteiger partial charge in [0, 0.05) is 6.07 Å². The molecule has 0 bridgehead atoms. The molecular weight excluding hydrogens is 184 g/mol. The minimum Gasteiger partial charge on any atom is -0.206 e. The van der Waals surface area contributed by atoms with E-state index in [1.54, 1.807) is 0 Å². The predicted octanol–water partition coefficient (Wildman–Crippen LogP) is 2.44. The normalized spacial score (nSPS) is 9.67. The fourth-order valence-corrected chi connectivity index (χ4v) is 1.06. The lowest BCUT2D eigenvalue weighted by Crippen LogP contribution is -1.81. The van der Waals surface area contributed by atoms with Crippen molar-refractivity contribution in [2.45, 2.75) is 0 Å². The van der Waals surface area contributed by atoms with Gasteiger partial charge in [-0.25, -0.2) is 9.97 Å². The summed E-state index contributed by atoms with van der Waals surface area (Å²) in [5.41, 5.74) is 0. The van der Waals surface area contributed by atoms with Gasteiger partial charge in [-0.2, -0.15) is 0 Å². The molecule has 0 aliphatic heterocycles. The minimum atomic E-state index is 0.0625. The molecule has 1 aromatic rings. The SMILES string of the molecule is Clc1cc(Cl)[14n][14c](Cl)[14n]1. The van der Waals surface area contributed by atoms with Crippen molar-refractivity contribution in [2.75, 3.05) is 0 Å². The minimum absolute atomic E-state index is 0.0625. The van der Waals surface area contributed by atoms with Crippen molar-refractivity contribution in [2.24, 2.45) is 0 Å². The van der Waals surface area contributed by atoms with E-state index in [0.717, 1.165) is 0 Å². The Labute approximate surface area is 66.8 Å². The van der Waals surface area contributed by atoms with Crippen LogP contribution in [0.4, 0.5) is 0 Å². The number of aromatic nitrogens is 2. The van der Waals surface area contributed by atoms with Crippen LogP contribution in [0.25, 0.3) is 0 Å². The first-order chi connectivity index (χ1) is 4.18. The Bertz CT molecular complexity index is 175. The van der Waals surface area contributed by atoms with Crippen LogP contribution in [0.5, 0.6) is 0 Å². The fraction of sp³-hybridized carbons (Fsp3) is 0. The molecule has 1 aromatic heterocycles. The zero-order chi connectivity index (χ0) is 6.85. The van der Waals surface area contributed by atoms with Crippen molar-refractivity contribution >= 4 is 34.8 Å². The van der Waals surface area contributed by atoms with E-state index >= 15 is 0 Å². The Balaban J connectivity index is 3.17. The molecule has 0 saturated heterocycles. The fourth-order valence-electron chi connectivity index (χ4n) is 0.364. The summed E-state index contributed by atoms with van der Waals surface area (Å²) in [4.78, 5) is 7.14. The number of hydrogen-bond donors (Lipinski definition) is 0. The van der Waals surface area contributed by atoms with Crippen LogP contribution in [0.15, 0.2) is 6.07 Å². The Kier molecular flexibility index (Phi) is 2.11. The van der Waals surface area contributed by atoms with E-state index in [2.05, 4.69) is 9.97 Å². The average molecular weight is 185 g/mol. The maximum Gasteiger partial charge on any atom is 0.225 e. The second-order valence-corrected chi connectivity index (χ2v) is 2.39. The van der Waals surface area contributed by atoms with Gasteiger partial charge in [0.25, 0.3) is 0 Å². The van der Waals surface area contributed by atoms with Crippen molar-refractivity contribution in [3.8, 4) is 0 Å². The van der Waals surface area contributed by atoms with Gasteiger partial charge in [0.15, 0.2) is 0 Å². The first-order valence-electron chi connectivity index (χ1n) is 2.04. The van der Waals surface area contributed by atoms with Crippen molar-refractivity contribution in [3.05, 3.63) is 21.7 Å². The van der Waals surface area contributed by atoms with Crippen LogP contribution in [-0.4, -0.2) is 9.97 Å². The Morgan fingerprint density at radius 3 is 2.00 bits per heavy atom.